The van der Waals surface area contributed by atoms with Crippen molar-refractivity contribution in [1.82, 2.24) is 5.32 Å². The third-order valence-corrected chi connectivity index (χ3v) is 2.96. The lowest BCUT2D eigenvalue weighted by atomic mass is 10.0. The van der Waals surface area contributed by atoms with Gasteiger partial charge in [0.05, 0.1) is 6.10 Å². The molecule has 0 radical (unpaired) electrons. The first-order valence-corrected chi connectivity index (χ1v) is 7.03. The molecule has 1 amide bonds. The zero-order valence-electron chi connectivity index (χ0n) is 12.6. The van der Waals surface area contributed by atoms with Gasteiger partial charge in [0, 0.05) is 33.3 Å². The van der Waals surface area contributed by atoms with Gasteiger partial charge in [0.25, 0.3) is 5.91 Å². The van der Waals surface area contributed by atoms with E-state index >= 15 is 0 Å². The number of amides is 1. The van der Waals surface area contributed by atoms with E-state index in [1.54, 1.807) is 20.4 Å². The van der Waals surface area contributed by atoms with Crippen molar-refractivity contribution in [3.63, 3.8) is 0 Å². The molecule has 0 fully saturated rings. The smallest absolute Gasteiger partial charge is 0.295 e. The molecule has 0 bridgehead atoms. The van der Waals surface area contributed by atoms with E-state index in [9.17, 15) is 4.79 Å². The Balaban J connectivity index is 2.26. The van der Waals surface area contributed by atoms with Crippen molar-refractivity contribution in [2.45, 2.75) is 25.4 Å². The molecule has 4 heteroatoms. The number of carbonyl (C=O) groups excluding carboxylic acids is 1. The second-order valence-electron chi connectivity index (χ2n) is 4.48. The lowest BCUT2D eigenvalue weighted by Crippen LogP contribution is -2.23. The highest BCUT2D eigenvalue weighted by atomic mass is 16.5. The van der Waals surface area contributed by atoms with E-state index in [4.69, 9.17) is 4.74 Å². The van der Waals surface area contributed by atoms with Gasteiger partial charge in [0.15, 0.2) is 0 Å². The first-order chi connectivity index (χ1) is 10.3. The molecule has 1 aromatic carbocycles. The average Bonchev–Trinajstić information content (AvgIpc) is 2.52. The van der Waals surface area contributed by atoms with Gasteiger partial charge in [-0.15, -0.1) is 0 Å². The van der Waals surface area contributed by atoms with Crippen LogP contribution in [0.3, 0.4) is 0 Å². The molecule has 0 aliphatic rings. The second-order valence-corrected chi connectivity index (χ2v) is 4.48. The normalized spacial score (nSPS) is 11.7. The van der Waals surface area contributed by atoms with Crippen molar-refractivity contribution < 1.29 is 9.53 Å². The third kappa shape index (κ3) is 7.28. The van der Waals surface area contributed by atoms with Crippen molar-refractivity contribution in [2.24, 2.45) is 4.99 Å². The number of nitrogens with one attached hydrogen (secondary N) is 1. The second kappa shape index (κ2) is 10.6. The number of nitrogens with zero attached hydrogens (tertiary/aromatic N) is 1. The summed E-state index contributed by atoms with van der Waals surface area (Å²) in [5, 5.41) is 2.78. The number of carbonyl (C=O) groups is 1. The van der Waals surface area contributed by atoms with Gasteiger partial charge >= 0.3 is 0 Å². The van der Waals surface area contributed by atoms with Gasteiger partial charge in [-0.1, -0.05) is 36.3 Å². The van der Waals surface area contributed by atoms with Crippen LogP contribution in [0, 0.1) is 11.8 Å². The number of methoxy groups -OCH3 is 1. The molecule has 0 spiro atoms. The number of ether oxygens (including phenoxy) is 1. The van der Waals surface area contributed by atoms with E-state index in [-0.39, 0.29) is 12.0 Å². The molecule has 1 atom stereocenters. The highest BCUT2D eigenvalue weighted by Crippen LogP contribution is 2.21. The van der Waals surface area contributed by atoms with Crippen molar-refractivity contribution in [3.05, 3.63) is 35.9 Å². The molecule has 0 aliphatic heterocycles. The minimum atomic E-state index is -0.242. The van der Waals surface area contributed by atoms with Crippen molar-refractivity contribution in [2.75, 3.05) is 20.7 Å². The minimum Gasteiger partial charge on any atom is -0.377 e. The van der Waals surface area contributed by atoms with Gasteiger partial charge in [-0.25, -0.2) is 0 Å². The van der Waals surface area contributed by atoms with E-state index in [2.05, 4.69) is 22.2 Å². The van der Waals surface area contributed by atoms with Crippen LogP contribution in [0.5, 0.6) is 0 Å². The highest BCUT2D eigenvalue weighted by Gasteiger charge is 2.09. The Morgan fingerprint density at radius 1 is 1.43 bits per heavy atom. The Hall–Kier alpha value is -2.12. The summed E-state index contributed by atoms with van der Waals surface area (Å²) in [5.74, 6) is 5.02. The predicted octanol–water partition coefficient (Wildman–Crippen LogP) is 2.36. The summed E-state index contributed by atoms with van der Waals surface area (Å²) >= 11 is 0. The fraction of sp³-hybridized carbons (Fsp3) is 0.412. The Morgan fingerprint density at radius 2 is 2.19 bits per heavy atom. The number of hydrogen-bond donors (Lipinski definition) is 1. The van der Waals surface area contributed by atoms with E-state index < -0.39 is 0 Å². The van der Waals surface area contributed by atoms with Crippen LogP contribution in [0.25, 0.3) is 0 Å². The van der Waals surface area contributed by atoms with Crippen LogP contribution < -0.4 is 5.32 Å². The quantitative estimate of drug-likeness (QED) is 0.475. The molecule has 21 heavy (non-hydrogen) atoms. The van der Waals surface area contributed by atoms with E-state index in [0.717, 1.165) is 18.4 Å². The maximum atomic E-state index is 11.4. The van der Waals surface area contributed by atoms with Crippen LogP contribution in [0.1, 0.15) is 30.9 Å². The summed E-state index contributed by atoms with van der Waals surface area (Å²) in [5.41, 5.74) is 1.16. The predicted molar refractivity (Wildman–Crippen MR) is 85.2 cm³/mol. The fourth-order valence-electron chi connectivity index (χ4n) is 1.89. The standard InChI is InChI=1S/C17H22N2O2/c1-18-13-7-6-12-17(20)19-14-8-11-16(21-2)15-9-4-3-5-10-15/h3-5,9-10,13,16H,7-8,11,14H2,1-2H3,(H,19,20)/b18-13-. The number of aliphatic imine (C=N–C) groups is 1. The SMILES string of the molecule is C/N=C\CC#CC(=O)NCCCC(OC)c1ccccc1. The number of benzene rings is 1. The molecule has 112 valence electrons. The van der Waals surface area contributed by atoms with E-state index in [1.807, 2.05) is 30.3 Å². The fourth-order valence-corrected chi connectivity index (χ4v) is 1.89. The molecule has 1 unspecified atom stereocenters. The summed E-state index contributed by atoms with van der Waals surface area (Å²) < 4.78 is 5.48. The molecule has 0 saturated carbocycles. The lowest BCUT2D eigenvalue weighted by molar-refractivity contribution is -0.115. The molecule has 1 rings (SSSR count). The number of hydrogen-bond acceptors (Lipinski definition) is 3. The monoisotopic (exact) mass is 286 g/mol. The summed E-state index contributed by atoms with van der Waals surface area (Å²) in [6.45, 7) is 0.599. The van der Waals surface area contributed by atoms with Crippen LogP contribution in [0.4, 0.5) is 0 Å². The summed E-state index contributed by atoms with van der Waals surface area (Å²) in [6, 6.07) is 10.1. The van der Waals surface area contributed by atoms with Gasteiger partial charge in [-0.3, -0.25) is 9.79 Å². The molecule has 1 N–H and O–H groups in total. The minimum absolute atomic E-state index is 0.0648. The Kier molecular flexibility index (Phi) is 8.58. The van der Waals surface area contributed by atoms with E-state index in [1.165, 1.54) is 0 Å². The first-order valence-electron chi connectivity index (χ1n) is 7.03. The van der Waals surface area contributed by atoms with Crippen molar-refractivity contribution in [3.8, 4) is 11.8 Å². The zero-order chi connectivity index (χ0) is 15.3. The van der Waals surface area contributed by atoms with Crippen LogP contribution in [0.15, 0.2) is 35.3 Å². The summed E-state index contributed by atoms with van der Waals surface area (Å²) in [6.07, 6.45) is 3.94. The number of rotatable bonds is 7. The molecule has 0 saturated heterocycles. The van der Waals surface area contributed by atoms with Crippen LogP contribution in [0.2, 0.25) is 0 Å². The zero-order valence-corrected chi connectivity index (χ0v) is 12.6. The molecule has 0 heterocycles. The first kappa shape index (κ1) is 16.9. The molecule has 0 aromatic heterocycles. The van der Waals surface area contributed by atoms with Crippen LogP contribution in [-0.4, -0.2) is 32.8 Å². The van der Waals surface area contributed by atoms with Gasteiger partial charge < -0.3 is 10.1 Å². The maximum absolute atomic E-state index is 11.4. The summed E-state index contributed by atoms with van der Waals surface area (Å²) in [7, 11) is 3.39. The molecule has 1 aromatic rings. The van der Waals surface area contributed by atoms with Gasteiger partial charge in [-0.2, -0.15) is 0 Å². The van der Waals surface area contributed by atoms with E-state index in [0.29, 0.717) is 13.0 Å². The molecular formula is C17H22N2O2. The van der Waals surface area contributed by atoms with Gasteiger partial charge in [0.1, 0.15) is 0 Å². The lowest BCUT2D eigenvalue weighted by Gasteiger charge is -2.15. The van der Waals surface area contributed by atoms with Crippen molar-refractivity contribution >= 4 is 12.1 Å². The van der Waals surface area contributed by atoms with Crippen LogP contribution >= 0.6 is 0 Å². The Morgan fingerprint density at radius 3 is 2.86 bits per heavy atom. The topological polar surface area (TPSA) is 50.7 Å². The Bertz CT molecular complexity index is 501. The molecule has 4 nitrogen and oxygen atoms in total. The molecule has 0 aliphatic carbocycles. The summed E-state index contributed by atoms with van der Waals surface area (Å²) in [4.78, 5) is 15.2. The van der Waals surface area contributed by atoms with Crippen LogP contribution in [-0.2, 0) is 9.53 Å². The highest BCUT2D eigenvalue weighted by molar-refractivity contribution is 5.93. The largest absolute Gasteiger partial charge is 0.377 e. The molecular weight excluding hydrogens is 264 g/mol. The van der Waals surface area contributed by atoms with Crippen molar-refractivity contribution in [1.29, 1.82) is 0 Å². The van der Waals surface area contributed by atoms with Gasteiger partial charge in [-0.05, 0) is 24.3 Å². The maximum Gasteiger partial charge on any atom is 0.295 e. The third-order valence-electron chi connectivity index (χ3n) is 2.96. The average molecular weight is 286 g/mol. The van der Waals surface area contributed by atoms with Gasteiger partial charge in [0.2, 0.25) is 0 Å². The Labute approximate surface area is 126 Å².